The van der Waals surface area contributed by atoms with E-state index in [0.29, 0.717) is 21.1 Å². The third-order valence-electron chi connectivity index (χ3n) is 5.96. The van der Waals surface area contributed by atoms with E-state index in [1.54, 1.807) is 12.1 Å². The zero-order chi connectivity index (χ0) is 29.4. The minimum Gasteiger partial charge on any atom is -0.457 e. The SMILES string of the molecule is Nc1ccc(Oc2ccc(-c3ccc(-c4ccc(Oc5ccc(N)cc5)c(C(F)(F)F)c4)s3)cc2C(F)(F)F)cc1. The highest BCUT2D eigenvalue weighted by molar-refractivity contribution is 7.18. The van der Waals surface area contributed by atoms with Gasteiger partial charge in [-0.05, 0) is 108 Å². The van der Waals surface area contributed by atoms with Crippen LogP contribution in [0, 0.1) is 0 Å². The molecule has 11 heteroatoms. The molecule has 0 aliphatic heterocycles. The highest BCUT2D eigenvalue weighted by Crippen LogP contribution is 2.45. The molecule has 0 atom stereocenters. The summed E-state index contributed by atoms with van der Waals surface area (Å²) in [6.45, 7) is 0. The summed E-state index contributed by atoms with van der Waals surface area (Å²) in [5.74, 6) is -0.427. The lowest BCUT2D eigenvalue weighted by Gasteiger charge is -2.15. The number of hydrogen-bond acceptors (Lipinski definition) is 5. The van der Waals surface area contributed by atoms with Crippen LogP contribution < -0.4 is 20.9 Å². The van der Waals surface area contributed by atoms with Crippen LogP contribution in [0.2, 0.25) is 0 Å². The van der Waals surface area contributed by atoms with Crippen LogP contribution in [0.4, 0.5) is 37.7 Å². The molecule has 41 heavy (non-hydrogen) atoms. The molecule has 0 radical (unpaired) electrons. The number of alkyl halides is 6. The largest absolute Gasteiger partial charge is 0.457 e. The Kier molecular flexibility index (Phi) is 7.31. The van der Waals surface area contributed by atoms with Crippen LogP contribution in [0.25, 0.3) is 20.9 Å². The molecule has 0 unspecified atom stereocenters. The van der Waals surface area contributed by atoms with Crippen LogP contribution in [0.1, 0.15) is 11.1 Å². The van der Waals surface area contributed by atoms with Gasteiger partial charge in [-0.2, -0.15) is 26.3 Å². The van der Waals surface area contributed by atoms with Crippen molar-refractivity contribution in [2.45, 2.75) is 12.4 Å². The molecule has 4 N–H and O–H groups in total. The fourth-order valence-electron chi connectivity index (χ4n) is 3.96. The lowest BCUT2D eigenvalue weighted by atomic mass is 10.1. The van der Waals surface area contributed by atoms with Gasteiger partial charge in [-0.1, -0.05) is 0 Å². The normalized spacial score (nSPS) is 11.9. The van der Waals surface area contributed by atoms with Gasteiger partial charge in [-0.25, -0.2) is 0 Å². The predicted molar refractivity (Wildman–Crippen MR) is 147 cm³/mol. The fourth-order valence-corrected chi connectivity index (χ4v) is 4.96. The van der Waals surface area contributed by atoms with Crippen LogP contribution in [-0.4, -0.2) is 0 Å². The van der Waals surface area contributed by atoms with Gasteiger partial charge in [-0.3, -0.25) is 0 Å². The van der Waals surface area contributed by atoms with E-state index in [-0.39, 0.29) is 22.6 Å². The number of thiophene rings is 1. The Morgan fingerprint density at radius 3 is 1.20 bits per heavy atom. The van der Waals surface area contributed by atoms with Crippen LogP contribution >= 0.6 is 11.3 Å². The molecule has 0 saturated carbocycles. The van der Waals surface area contributed by atoms with E-state index >= 15 is 0 Å². The van der Waals surface area contributed by atoms with Gasteiger partial charge in [0.1, 0.15) is 23.0 Å². The van der Waals surface area contributed by atoms with Gasteiger partial charge >= 0.3 is 12.4 Å². The first kappa shape index (κ1) is 27.9. The van der Waals surface area contributed by atoms with Crippen molar-refractivity contribution >= 4 is 22.7 Å². The number of halogens is 6. The highest BCUT2D eigenvalue weighted by atomic mass is 32.1. The molecule has 0 fully saturated rings. The van der Waals surface area contributed by atoms with Crippen molar-refractivity contribution in [3.05, 3.63) is 108 Å². The van der Waals surface area contributed by atoms with Gasteiger partial charge < -0.3 is 20.9 Å². The van der Waals surface area contributed by atoms with Crippen LogP contribution in [0.5, 0.6) is 23.0 Å². The van der Waals surface area contributed by atoms with E-state index in [1.807, 2.05) is 0 Å². The van der Waals surface area contributed by atoms with Crippen molar-refractivity contribution in [1.82, 2.24) is 0 Å². The Labute approximate surface area is 234 Å². The van der Waals surface area contributed by atoms with Crippen LogP contribution in [0.3, 0.4) is 0 Å². The molecule has 0 bridgehead atoms. The first-order valence-corrected chi connectivity index (χ1v) is 12.8. The molecular formula is C30H20F6N2O2S. The van der Waals surface area contributed by atoms with Crippen molar-refractivity contribution in [3.63, 3.8) is 0 Å². The molecule has 4 aromatic carbocycles. The average Bonchev–Trinajstić information content (AvgIpc) is 3.41. The monoisotopic (exact) mass is 586 g/mol. The van der Waals surface area contributed by atoms with E-state index in [1.165, 1.54) is 72.8 Å². The third-order valence-corrected chi connectivity index (χ3v) is 7.14. The molecule has 4 nitrogen and oxygen atoms in total. The fraction of sp³-hybridized carbons (Fsp3) is 0.0667. The second kappa shape index (κ2) is 10.7. The molecule has 5 rings (SSSR count). The molecule has 5 aromatic rings. The minimum atomic E-state index is -4.72. The number of nitrogen functional groups attached to an aromatic ring is 2. The molecule has 0 aliphatic rings. The zero-order valence-electron chi connectivity index (χ0n) is 20.9. The number of hydrogen-bond donors (Lipinski definition) is 2. The topological polar surface area (TPSA) is 70.5 Å². The summed E-state index contributed by atoms with van der Waals surface area (Å²) in [5, 5.41) is 0. The van der Waals surface area contributed by atoms with E-state index in [4.69, 9.17) is 20.9 Å². The quantitative estimate of drug-likeness (QED) is 0.153. The summed E-state index contributed by atoms with van der Waals surface area (Å²) in [6.07, 6.45) is -9.44. The lowest BCUT2D eigenvalue weighted by Crippen LogP contribution is -2.07. The molecule has 1 heterocycles. The Morgan fingerprint density at radius 1 is 0.488 bits per heavy atom. The van der Waals surface area contributed by atoms with Gasteiger partial charge in [0.2, 0.25) is 0 Å². The van der Waals surface area contributed by atoms with Crippen LogP contribution in [0.15, 0.2) is 97.1 Å². The Morgan fingerprint density at radius 2 is 0.854 bits per heavy atom. The maximum Gasteiger partial charge on any atom is 0.420 e. The number of rotatable bonds is 6. The number of anilines is 2. The summed E-state index contributed by atoms with van der Waals surface area (Å²) in [7, 11) is 0. The summed E-state index contributed by atoms with van der Waals surface area (Å²) in [4.78, 5) is 0.862. The first-order valence-electron chi connectivity index (χ1n) is 12.0. The van der Waals surface area contributed by atoms with Gasteiger partial charge in [0.25, 0.3) is 0 Å². The maximum absolute atomic E-state index is 13.9. The Hall–Kier alpha value is -4.64. The van der Waals surface area contributed by atoms with Crippen molar-refractivity contribution in [2.75, 3.05) is 11.5 Å². The highest BCUT2D eigenvalue weighted by Gasteiger charge is 2.36. The van der Waals surface area contributed by atoms with Gasteiger partial charge in [0.05, 0.1) is 11.1 Å². The van der Waals surface area contributed by atoms with Crippen molar-refractivity contribution in [3.8, 4) is 43.9 Å². The van der Waals surface area contributed by atoms with Gasteiger partial charge in [0.15, 0.2) is 0 Å². The summed E-state index contributed by atoms with van der Waals surface area (Å²) in [6, 6.07) is 22.2. The zero-order valence-corrected chi connectivity index (χ0v) is 21.7. The number of ether oxygens (including phenoxy) is 2. The first-order chi connectivity index (χ1) is 19.4. The number of nitrogens with two attached hydrogens (primary N) is 2. The Bertz CT molecular complexity index is 1550. The molecule has 0 saturated heterocycles. The molecule has 0 amide bonds. The lowest BCUT2D eigenvalue weighted by molar-refractivity contribution is -0.139. The Balaban J connectivity index is 1.46. The van der Waals surface area contributed by atoms with Crippen molar-refractivity contribution < 1.29 is 35.8 Å². The van der Waals surface area contributed by atoms with E-state index in [9.17, 15) is 26.3 Å². The third kappa shape index (κ3) is 6.41. The molecular weight excluding hydrogens is 566 g/mol. The number of benzene rings is 4. The van der Waals surface area contributed by atoms with Crippen molar-refractivity contribution in [2.24, 2.45) is 0 Å². The second-order valence-corrected chi connectivity index (χ2v) is 10.0. The van der Waals surface area contributed by atoms with Gasteiger partial charge in [-0.15, -0.1) is 11.3 Å². The standard InChI is InChI=1S/C30H20F6N2O2S/c31-29(32,33)23-15-17(1-11-25(23)39-21-7-3-19(37)4-8-21)27-13-14-28(41-27)18-2-12-26(24(16-18)30(34,35)36)40-22-9-5-20(38)6-10-22/h1-16H,37-38H2. The smallest absolute Gasteiger partial charge is 0.420 e. The maximum atomic E-state index is 13.9. The molecule has 0 spiro atoms. The van der Waals surface area contributed by atoms with E-state index in [0.717, 1.165) is 23.5 Å². The predicted octanol–water partition coefficient (Wildman–Crippen LogP) is 9.87. The molecule has 1 aromatic heterocycles. The molecule has 0 aliphatic carbocycles. The average molecular weight is 587 g/mol. The van der Waals surface area contributed by atoms with E-state index < -0.39 is 35.0 Å². The molecule has 210 valence electrons. The summed E-state index contributed by atoms with van der Waals surface area (Å²) < 4.78 is 94.5. The van der Waals surface area contributed by atoms with Crippen LogP contribution in [-0.2, 0) is 12.4 Å². The van der Waals surface area contributed by atoms with Crippen molar-refractivity contribution in [1.29, 1.82) is 0 Å². The van der Waals surface area contributed by atoms with E-state index in [2.05, 4.69) is 0 Å². The summed E-state index contributed by atoms with van der Waals surface area (Å²) >= 11 is 1.06. The second-order valence-electron chi connectivity index (χ2n) is 8.92. The minimum absolute atomic E-state index is 0.181. The van der Waals surface area contributed by atoms with Gasteiger partial charge in [0, 0.05) is 21.1 Å². The summed E-state index contributed by atoms with van der Waals surface area (Å²) in [5.41, 5.74) is 10.6.